The van der Waals surface area contributed by atoms with Crippen LogP contribution in [0.5, 0.6) is 0 Å². The average molecular weight is 317 g/mol. The molecule has 0 unspecified atom stereocenters. The normalized spacial score (nSPS) is 25.5. The summed E-state index contributed by atoms with van der Waals surface area (Å²) in [5, 5.41) is 6.10. The van der Waals surface area contributed by atoms with E-state index >= 15 is 0 Å². The standard InChI is InChI=1S/C14H18F3N3O2/c1-2-20-12(14(15,16)17)10(7-18-20)19-13(21)9-5-6-22-11(9)8-3-4-8/h7-9,11H,2-6H2,1H3,(H,19,21)/t9-,11+/m1/s1. The summed E-state index contributed by atoms with van der Waals surface area (Å²) in [6.07, 6.45) is -1.05. The minimum atomic E-state index is -4.56. The van der Waals surface area contributed by atoms with Gasteiger partial charge >= 0.3 is 6.18 Å². The van der Waals surface area contributed by atoms with Gasteiger partial charge in [-0.3, -0.25) is 9.48 Å². The first-order valence-corrected chi connectivity index (χ1v) is 7.47. The van der Waals surface area contributed by atoms with Crippen molar-refractivity contribution in [1.82, 2.24) is 9.78 Å². The number of aromatic nitrogens is 2. The molecule has 5 nitrogen and oxygen atoms in total. The Morgan fingerprint density at radius 3 is 2.77 bits per heavy atom. The predicted molar refractivity (Wildman–Crippen MR) is 72.1 cm³/mol. The van der Waals surface area contributed by atoms with Crippen LogP contribution < -0.4 is 5.32 Å². The molecule has 0 bridgehead atoms. The van der Waals surface area contributed by atoms with Crippen LogP contribution in [0.25, 0.3) is 0 Å². The van der Waals surface area contributed by atoms with E-state index in [0.717, 1.165) is 23.7 Å². The Hall–Kier alpha value is -1.57. The van der Waals surface area contributed by atoms with E-state index in [-0.39, 0.29) is 24.3 Å². The van der Waals surface area contributed by atoms with Gasteiger partial charge in [0.05, 0.1) is 23.9 Å². The first kappa shape index (κ1) is 15.3. The maximum Gasteiger partial charge on any atom is 0.435 e. The SMILES string of the molecule is CCn1ncc(NC(=O)[C@@H]2CCO[C@H]2C2CC2)c1C(F)(F)F. The number of hydrogen-bond donors (Lipinski definition) is 1. The van der Waals surface area contributed by atoms with Gasteiger partial charge in [-0.25, -0.2) is 0 Å². The van der Waals surface area contributed by atoms with Gasteiger partial charge in [0.2, 0.25) is 5.91 Å². The Balaban J connectivity index is 1.78. The second kappa shape index (κ2) is 5.57. The van der Waals surface area contributed by atoms with E-state index in [9.17, 15) is 18.0 Å². The van der Waals surface area contributed by atoms with E-state index in [2.05, 4.69) is 10.4 Å². The first-order chi connectivity index (χ1) is 10.4. The Labute approximate surface area is 125 Å². The minimum absolute atomic E-state index is 0.0853. The third-order valence-electron chi connectivity index (χ3n) is 4.22. The lowest BCUT2D eigenvalue weighted by atomic mass is 9.97. The number of nitrogens with one attached hydrogen (secondary N) is 1. The molecule has 1 aliphatic carbocycles. The van der Waals surface area contributed by atoms with E-state index in [1.807, 2.05) is 0 Å². The summed E-state index contributed by atoms with van der Waals surface area (Å²) < 4.78 is 45.8. The topological polar surface area (TPSA) is 56.2 Å². The van der Waals surface area contributed by atoms with E-state index in [1.165, 1.54) is 0 Å². The smallest absolute Gasteiger partial charge is 0.377 e. The summed E-state index contributed by atoms with van der Waals surface area (Å²) in [7, 11) is 0. The molecule has 1 aliphatic heterocycles. The highest BCUT2D eigenvalue weighted by Crippen LogP contribution is 2.42. The molecule has 2 aliphatic rings. The molecule has 8 heteroatoms. The van der Waals surface area contributed by atoms with Crippen LogP contribution in [0, 0.1) is 11.8 Å². The van der Waals surface area contributed by atoms with E-state index in [4.69, 9.17) is 4.74 Å². The molecule has 0 radical (unpaired) electrons. The number of alkyl halides is 3. The molecule has 2 fully saturated rings. The molecule has 1 amide bonds. The van der Waals surface area contributed by atoms with Crippen LogP contribution >= 0.6 is 0 Å². The number of anilines is 1. The van der Waals surface area contributed by atoms with Gasteiger partial charge in [0.15, 0.2) is 5.69 Å². The number of hydrogen-bond acceptors (Lipinski definition) is 3. The molecule has 1 N–H and O–H groups in total. The molecule has 1 aromatic rings. The van der Waals surface area contributed by atoms with Crippen LogP contribution in [-0.2, 0) is 22.3 Å². The van der Waals surface area contributed by atoms with Crippen molar-refractivity contribution in [1.29, 1.82) is 0 Å². The Kier molecular flexibility index (Phi) is 3.88. The van der Waals surface area contributed by atoms with Crippen molar-refractivity contribution in [2.45, 2.75) is 45.0 Å². The zero-order chi connectivity index (χ0) is 15.9. The number of aryl methyl sites for hydroxylation is 1. The van der Waals surface area contributed by atoms with Gasteiger partial charge in [-0.2, -0.15) is 18.3 Å². The molecule has 1 saturated heterocycles. The summed E-state index contributed by atoms with van der Waals surface area (Å²) in [4.78, 5) is 12.3. The third kappa shape index (κ3) is 2.84. The molecule has 2 heterocycles. The molecule has 0 spiro atoms. The van der Waals surface area contributed by atoms with E-state index < -0.39 is 17.8 Å². The fourth-order valence-electron chi connectivity index (χ4n) is 3.02. The van der Waals surface area contributed by atoms with Crippen molar-refractivity contribution in [2.75, 3.05) is 11.9 Å². The summed E-state index contributed by atoms with van der Waals surface area (Å²) in [5.74, 6) is -0.409. The van der Waals surface area contributed by atoms with Gasteiger partial charge in [-0.15, -0.1) is 0 Å². The second-order valence-electron chi connectivity index (χ2n) is 5.78. The highest BCUT2D eigenvalue weighted by atomic mass is 19.4. The molecule has 22 heavy (non-hydrogen) atoms. The van der Waals surface area contributed by atoms with Crippen LogP contribution in [0.3, 0.4) is 0 Å². The largest absolute Gasteiger partial charge is 0.435 e. The maximum atomic E-state index is 13.1. The molecular formula is C14H18F3N3O2. The van der Waals surface area contributed by atoms with Gasteiger partial charge in [0.1, 0.15) is 0 Å². The number of carbonyl (C=O) groups excluding carboxylic acids is 1. The lowest BCUT2D eigenvalue weighted by molar-refractivity contribution is -0.143. The molecule has 1 aromatic heterocycles. The van der Waals surface area contributed by atoms with E-state index in [1.54, 1.807) is 6.92 Å². The van der Waals surface area contributed by atoms with Crippen LogP contribution in [0.15, 0.2) is 6.20 Å². The number of ether oxygens (including phenoxy) is 1. The second-order valence-corrected chi connectivity index (χ2v) is 5.78. The number of rotatable bonds is 4. The Morgan fingerprint density at radius 2 is 2.18 bits per heavy atom. The summed E-state index contributed by atoms with van der Waals surface area (Å²) in [6, 6.07) is 0. The van der Waals surface area contributed by atoms with Crippen LogP contribution in [0.2, 0.25) is 0 Å². The summed E-state index contributed by atoms with van der Waals surface area (Å²) in [6.45, 7) is 2.14. The number of nitrogens with zero attached hydrogens (tertiary/aromatic N) is 2. The fraction of sp³-hybridized carbons (Fsp3) is 0.714. The van der Waals surface area contributed by atoms with Crippen molar-refractivity contribution in [3.8, 4) is 0 Å². The highest BCUT2D eigenvalue weighted by Gasteiger charge is 2.45. The van der Waals surface area contributed by atoms with E-state index in [0.29, 0.717) is 18.9 Å². The number of carbonyl (C=O) groups is 1. The first-order valence-electron chi connectivity index (χ1n) is 7.47. The van der Waals surface area contributed by atoms with Crippen molar-refractivity contribution < 1.29 is 22.7 Å². The minimum Gasteiger partial charge on any atom is -0.377 e. The molecule has 122 valence electrons. The summed E-state index contributed by atoms with van der Waals surface area (Å²) >= 11 is 0. The van der Waals surface area contributed by atoms with Gasteiger partial charge in [-0.1, -0.05) is 0 Å². The number of amides is 1. The van der Waals surface area contributed by atoms with Crippen LogP contribution in [0.4, 0.5) is 18.9 Å². The highest BCUT2D eigenvalue weighted by molar-refractivity contribution is 5.93. The predicted octanol–water partition coefficient (Wildman–Crippen LogP) is 2.68. The molecule has 0 aromatic carbocycles. The quantitative estimate of drug-likeness (QED) is 0.929. The molecule has 2 atom stereocenters. The Bertz CT molecular complexity index is 566. The third-order valence-corrected chi connectivity index (χ3v) is 4.22. The van der Waals surface area contributed by atoms with Crippen LogP contribution in [-0.4, -0.2) is 28.4 Å². The molecule has 3 rings (SSSR count). The maximum absolute atomic E-state index is 13.1. The van der Waals surface area contributed by atoms with Crippen molar-refractivity contribution in [2.24, 2.45) is 11.8 Å². The van der Waals surface area contributed by atoms with Gasteiger partial charge < -0.3 is 10.1 Å². The fourth-order valence-corrected chi connectivity index (χ4v) is 3.02. The van der Waals surface area contributed by atoms with Gasteiger partial charge in [0.25, 0.3) is 0 Å². The number of halogens is 3. The van der Waals surface area contributed by atoms with Crippen molar-refractivity contribution in [3.63, 3.8) is 0 Å². The average Bonchev–Trinajstić information content (AvgIpc) is 3.01. The van der Waals surface area contributed by atoms with Crippen molar-refractivity contribution >= 4 is 11.6 Å². The Morgan fingerprint density at radius 1 is 1.45 bits per heavy atom. The zero-order valence-electron chi connectivity index (χ0n) is 12.2. The molecular weight excluding hydrogens is 299 g/mol. The van der Waals surface area contributed by atoms with Gasteiger partial charge in [0, 0.05) is 13.2 Å². The zero-order valence-corrected chi connectivity index (χ0v) is 12.2. The monoisotopic (exact) mass is 317 g/mol. The van der Waals surface area contributed by atoms with Crippen LogP contribution in [0.1, 0.15) is 31.9 Å². The van der Waals surface area contributed by atoms with Crippen molar-refractivity contribution in [3.05, 3.63) is 11.9 Å². The summed E-state index contributed by atoms with van der Waals surface area (Å²) in [5.41, 5.74) is -1.19. The molecule has 1 saturated carbocycles. The lowest BCUT2D eigenvalue weighted by Crippen LogP contribution is -2.31. The van der Waals surface area contributed by atoms with Gasteiger partial charge in [-0.05, 0) is 32.1 Å². The lowest BCUT2D eigenvalue weighted by Gasteiger charge is -2.18.